The summed E-state index contributed by atoms with van der Waals surface area (Å²) in [5.41, 5.74) is 0.0541. The third kappa shape index (κ3) is 5.08. The minimum Gasteiger partial charge on any atom is -0.345 e. The van der Waals surface area contributed by atoms with E-state index in [1.807, 2.05) is 0 Å². The van der Waals surface area contributed by atoms with Gasteiger partial charge in [0.1, 0.15) is 17.3 Å². The van der Waals surface area contributed by atoms with Crippen LogP contribution in [-0.4, -0.2) is 40.8 Å². The van der Waals surface area contributed by atoms with Crippen molar-refractivity contribution in [2.45, 2.75) is 20.3 Å². The van der Waals surface area contributed by atoms with Crippen molar-refractivity contribution >= 4 is 44.3 Å². The molecule has 12 heteroatoms. The molecule has 3 N–H and O–H groups in total. The molecule has 1 amide bonds. The van der Waals surface area contributed by atoms with Gasteiger partial charge >= 0.3 is 0 Å². The molecule has 4 rings (SSSR count). The fraction of sp³-hybridized carbons (Fsp3) is 0.167. The summed E-state index contributed by atoms with van der Waals surface area (Å²) < 4.78 is 56.0. The van der Waals surface area contributed by atoms with E-state index in [0.29, 0.717) is 34.4 Å². The third-order valence-corrected chi connectivity index (χ3v) is 6.71. The van der Waals surface area contributed by atoms with Crippen LogP contribution in [0, 0.1) is 11.6 Å². The second kappa shape index (κ2) is 9.82. The van der Waals surface area contributed by atoms with Crippen LogP contribution in [0.4, 0.5) is 20.3 Å². The maximum Gasteiger partial charge on any atom is 0.232 e. The molecular weight excluding hydrogens is 492 g/mol. The summed E-state index contributed by atoms with van der Waals surface area (Å²) in [6, 6.07) is 6.67. The molecule has 0 saturated heterocycles. The number of nitrogens with zero attached hydrogens (tertiary/aromatic N) is 2. The number of carbonyl (C=O) groups is 2. The first kappa shape index (κ1) is 24.9. The average molecular weight is 514 g/mol. The molecule has 0 fully saturated rings. The van der Waals surface area contributed by atoms with Crippen molar-refractivity contribution in [2.24, 2.45) is 0 Å². The maximum atomic E-state index is 15.2. The Morgan fingerprint density at radius 1 is 1.06 bits per heavy atom. The van der Waals surface area contributed by atoms with Gasteiger partial charge < -0.3 is 10.3 Å². The molecule has 0 aliphatic heterocycles. The van der Waals surface area contributed by atoms with Gasteiger partial charge in [0.15, 0.2) is 5.82 Å². The number of carbonyl (C=O) groups excluding carboxylic acids is 2. The molecule has 3 aromatic heterocycles. The molecule has 0 aliphatic rings. The summed E-state index contributed by atoms with van der Waals surface area (Å²) >= 11 is 0. The van der Waals surface area contributed by atoms with E-state index in [4.69, 9.17) is 0 Å². The second-order valence-electron chi connectivity index (χ2n) is 7.97. The Kier molecular flexibility index (Phi) is 6.80. The predicted molar refractivity (Wildman–Crippen MR) is 131 cm³/mol. The number of hydrogen-bond acceptors (Lipinski definition) is 6. The number of hydrogen-bond donors (Lipinski definition) is 3. The van der Waals surface area contributed by atoms with Crippen molar-refractivity contribution in [3.8, 4) is 11.1 Å². The third-order valence-electron chi connectivity index (χ3n) is 5.23. The highest BCUT2D eigenvalue weighted by Crippen LogP contribution is 2.29. The highest BCUT2D eigenvalue weighted by atomic mass is 32.2. The maximum absolute atomic E-state index is 15.2. The molecule has 36 heavy (non-hydrogen) atoms. The first-order valence-electron chi connectivity index (χ1n) is 10.8. The summed E-state index contributed by atoms with van der Waals surface area (Å²) in [6.45, 7) is 3.00. The summed E-state index contributed by atoms with van der Waals surface area (Å²) in [7, 11) is -3.87. The number of sulfonamides is 1. The van der Waals surface area contributed by atoms with Crippen LogP contribution in [0.5, 0.6) is 0 Å². The number of aromatic amines is 1. The first-order chi connectivity index (χ1) is 17.1. The van der Waals surface area contributed by atoms with Gasteiger partial charge in [-0.25, -0.2) is 27.2 Å². The van der Waals surface area contributed by atoms with Gasteiger partial charge in [0, 0.05) is 47.6 Å². The lowest BCUT2D eigenvalue weighted by atomic mass is 10.00. The predicted octanol–water partition coefficient (Wildman–Crippen LogP) is 4.24. The largest absolute Gasteiger partial charge is 0.345 e. The Hall–Kier alpha value is -4.19. The number of H-pyrrole nitrogens is 1. The quantitative estimate of drug-likeness (QED) is 0.302. The van der Waals surface area contributed by atoms with Gasteiger partial charge in [-0.15, -0.1) is 0 Å². The van der Waals surface area contributed by atoms with Crippen LogP contribution in [0.2, 0.25) is 0 Å². The van der Waals surface area contributed by atoms with E-state index in [1.54, 1.807) is 25.1 Å². The molecule has 0 aliphatic carbocycles. The van der Waals surface area contributed by atoms with Crippen molar-refractivity contribution in [3.05, 3.63) is 71.7 Å². The lowest BCUT2D eigenvalue weighted by Gasteiger charge is -2.11. The lowest BCUT2D eigenvalue weighted by Crippen LogP contribution is -2.18. The molecule has 0 spiro atoms. The Bertz CT molecular complexity index is 1580. The van der Waals surface area contributed by atoms with Gasteiger partial charge in [-0.3, -0.25) is 14.3 Å². The highest BCUT2D eigenvalue weighted by molar-refractivity contribution is 7.92. The SMILES string of the molecule is CCCS(=O)(=O)Nc1ccc(F)c(C(=O)c2c[nH]c3ncc(-c4ccc(NC(C)=O)nc4)cc23)c1F. The Balaban J connectivity index is 1.73. The van der Waals surface area contributed by atoms with E-state index in [9.17, 15) is 22.4 Å². The van der Waals surface area contributed by atoms with Gasteiger partial charge in [0.25, 0.3) is 0 Å². The molecule has 186 valence electrons. The number of pyridine rings is 2. The van der Waals surface area contributed by atoms with E-state index >= 15 is 4.39 Å². The molecule has 0 radical (unpaired) electrons. The number of aromatic nitrogens is 3. The Morgan fingerprint density at radius 3 is 2.47 bits per heavy atom. The van der Waals surface area contributed by atoms with Crippen molar-refractivity contribution < 1.29 is 26.8 Å². The van der Waals surface area contributed by atoms with Gasteiger partial charge in [-0.05, 0) is 36.8 Å². The second-order valence-corrected chi connectivity index (χ2v) is 9.81. The minimum absolute atomic E-state index is 0.0476. The summed E-state index contributed by atoms with van der Waals surface area (Å²) in [5, 5.41) is 2.86. The molecule has 4 aromatic rings. The van der Waals surface area contributed by atoms with Crippen molar-refractivity contribution in [2.75, 3.05) is 15.8 Å². The van der Waals surface area contributed by atoms with E-state index in [0.717, 1.165) is 12.1 Å². The number of amides is 1. The standard InChI is InChI=1S/C24H21F2N5O4S/c1-3-8-36(34,35)31-19-6-5-18(25)21(22(19)26)23(33)17-12-29-24-16(17)9-15(11-28-24)14-4-7-20(27-10-14)30-13(2)32/h4-7,9-12,31H,3,8H2,1-2H3,(H,28,29)(H,27,30,32). The van der Waals surface area contributed by atoms with E-state index < -0.39 is 38.7 Å². The molecule has 0 saturated carbocycles. The molecule has 9 nitrogen and oxygen atoms in total. The number of nitrogens with one attached hydrogen (secondary N) is 3. The highest BCUT2D eigenvalue weighted by Gasteiger charge is 2.26. The van der Waals surface area contributed by atoms with Gasteiger partial charge in [-0.2, -0.15) is 0 Å². The van der Waals surface area contributed by atoms with E-state index in [-0.39, 0.29) is 17.2 Å². The number of benzene rings is 1. The van der Waals surface area contributed by atoms with Crippen LogP contribution in [0.3, 0.4) is 0 Å². The van der Waals surface area contributed by atoms with Crippen LogP contribution < -0.4 is 10.0 Å². The molecule has 0 atom stereocenters. The van der Waals surface area contributed by atoms with E-state index in [2.05, 4.69) is 25.0 Å². The topological polar surface area (TPSA) is 134 Å². The smallest absolute Gasteiger partial charge is 0.232 e. The summed E-state index contributed by atoms with van der Waals surface area (Å²) in [4.78, 5) is 35.7. The summed E-state index contributed by atoms with van der Waals surface area (Å²) in [5.74, 6) is -3.59. The van der Waals surface area contributed by atoms with Crippen LogP contribution in [0.25, 0.3) is 22.2 Å². The zero-order valence-electron chi connectivity index (χ0n) is 19.2. The number of fused-ring (bicyclic) bond motifs is 1. The first-order valence-corrected chi connectivity index (χ1v) is 12.5. The monoisotopic (exact) mass is 513 g/mol. The van der Waals surface area contributed by atoms with Gasteiger partial charge in [0.2, 0.25) is 21.7 Å². The molecule has 0 bridgehead atoms. The zero-order chi connectivity index (χ0) is 26.0. The molecule has 3 heterocycles. The van der Waals surface area contributed by atoms with Crippen LogP contribution >= 0.6 is 0 Å². The normalized spacial score (nSPS) is 11.4. The Labute approximate surface area is 205 Å². The van der Waals surface area contributed by atoms with Crippen LogP contribution in [-0.2, 0) is 14.8 Å². The van der Waals surface area contributed by atoms with Crippen LogP contribution in [0.15, 0.2) is 48.9 Å². The van der Waals surface area contributed by atoms with E-state index in [1.165, 1.54) is 25.5 Å². The van der Waals surface area contributed by atoms with Crippen LogP contribution in [0.1, 0.15) is 36.2 Å². The molecule has 1 aromatic carbocycles. The van der Waals surface area contributed by atoms with Gasteiger partial charge in [0.05, 0.1) is 17.0 Å². The molecular formula is C24H21F2N5O4S. The molecule has 0 unspecified atom stereocenters. The van der Waals surface area contributed by atoms with Crippen molar-refractivity contribution in [1.82, 2.24) is 15.0 Å². The van der Waals surface area contributed by atoms with Crippen molar-refractivity contribution in [3.63, 3.8) is 0 Å². The lowest BCUT2D eigenvalue weighted by molar-refractivity contribution is -0.114. The number of ketones is 1. The number of anilines is 2. The average Bonchev–Trinajstić information content (AvgIpc) is 3.24. The summed E-state index contributed by atoms with van der Waals surface area (Å²) in [6.07, 6.45) is 4.62. The minimum atomic E-state index is -3.87. The Morgan fingerprint density at radius 2 is 1.81 bits per heavy atom. The number of halogens is 2. The zero-order valence-corrected chi connectivity index (χ0v) is 20.0. The fourth-order valence-electron chi connectivity index (χ4n) is 3.63. The number of rotatable bonds is 8. The van der Waals surface area contributed by atoms with Gasteiger partial charge in [-0.1, -0.05) is 6.92 Å². The fourth-order valence-corrected chi connectivity index (χ4v) is 4.76. The van der Waals surface area contributed by atoms with Crippen molar-refractivity contribution in [1.29, 1.82) is 0 Å².